The second-order valence-electron chi connectivity index (χ2n) is 7.10. The molecule has 152 valence electrons. The molecule has 2 aromatic carbocycles. The maximum atomic E-state index is 11.1. The first-order valence-electron chi connectivity index (χ1n) is 10.0. The first-order chi connectivity index (χ1) is 14.7. The molecule has 0 amide bonds. The quantitative estimate of drug-likeness (QED) is 0.397. The first-order valence-corrected chi connectivity index (χ1v) is 10.9. The third kappa shape index (κ3) is 4.19. The molecule has 4 aromatic rings. The van der Waals surface area contributed by atoms with Crippen LogP contribution < -0.4 is 4.90 Å². The van der Waals surface area contributed by atoms with Crippen molar-refractivity contribution in [3.63, 3.8) is 0 Å². The third-order valence-corrected chi connectivity index (χ3v) is 5.93. The number of carboxylic acid groups (broad SMARTS) is 1. The Hall–Kier alpha value is -3.25. The Morgan fingerprint density at radius 1 is 0.967 bits per heavy atom. The Kier molecular flexibility index (Phi) is 6.05. The van der Waals surface area contributed by atoms with Crippen LogP contribution in [0, 0.1) is 0 Å². The van der Waals surface area contributed by atoms with Crippen LogP contribution in [0.5, 0.6) is 0 Å². The molecule has 0 saturated carbocycles. The molecule has 0 bridgehead atoms. The van der Waals surface area contributed by atoms with E-state index in [1.165, 1.54) is 11.1 Å². The van der Waals surface area contributed by atoms with E-state index in [0.29, 0.717) is 6.54 Å². The van der Waals surface area contributed by atoms with Gasteiger partial charge in [0.25, 0.3) is 0 Å². The maximum Gasteiger partial charge on any atom is 0.305 e. The molecule has 2 aromatic heterocycles. The lowest BCUT2D eigenvalue weighted by molar-refractivity contribution is -0.136. The Balaban J connectivity index is 1.74. The van der Waals surface area contributed by atoms with E-state index in [4.69, 9.17) is 5.11 Å². The summed E-state index contributed by atoms with van der Waals surface area (Å²) in [5, 5.41) is 12.3. The molecule has 0 unspecified atom stereocenters. The van der Waals surface area contributed by atoms with Crippen LogP contribution in [-0.2, 0) is 4.79 Å². The molecule has 0 aliphatic heterocycles. The summed E-state index contributed by atoms with van der Waals surface area (Å²) in [4.78, 5) is 23.1. The van der Waals surface area contributed by atoms with Crippen molar-refractivity contribution < 1.29 is 9.90 Å². The molecule has 0 aliphatic rings. The number of rotatable bonds is 8. The van der Waals surface area contributed by atoms with Gasteiger partial charge in [0.2, 0.25) is 0 Å². The SMILES string of the molecule is CCCN(CCC(=O)O)c1ncnc2scc(-c3ccc(-c4ccccc4)cc3)c12. The van der Waals surface area contributed by atoms with Crippen LogP contribution in [-0.4, -0.2) is 34.1 Å². The van der Waals surface area contributed by atoms with E-state index in [1.807, 2.05) is 18.2 Å². The van der Waals surface area contributed by atoms with E-state index in [1.54, 1.807) is 17.7 Å². The van der Waals surface area contributed by atoms with Crippen molar-refractivity contribution in [3.05, 3.63) is 66.3 Å². The zero-order valence-corrected chi connectivity index (χ0v) is 17.6. The number of anilines is 1. The molecule has 0 fully saturated rings. The molecule has 0 aliphatic carbocycles. The lowest BCUT2D eigenvalue weighted by atomic mass is 10.0. The summed E-state index contributed by atoms with van der Waals surface area (Å²) in [5.74, 6) is 0.00920. The molecule has 4 rings (SSSR count). The number of carbonyl (C=O) groups is 1. The van der Waals surface area contributed by atoms with Gasteiger partial charge in [-0.2, -0.15) is 0 Å². The highest BCUT2D eigenvalue weighted by Crippen LogP contribution is 2.38. The number of hydrogen-bond acceptors (Lipinski definition) is 5. The van der Waals surface area contributed by atoms with Crippen molar-refractivity contribution in [2.24, 2.45) is 0 Å². The van der Waals surface area contributed by atoms with E-state index >= 15 is 0 Å². The predicted octanol–water partition coefficient (Wildman–Crippen LogP) is 5.72. The normalized spacial score (nSPS) is 11.0. The van der Waals surface area contributed by atoms with Gasteiger partial charge in [0.1, 0.15) is 17.0 Å². The summed E-state index contributed by atoms with van der Waals surface area (Å²) in [6.07, 6.45) is 2.56. The molecule has 0 atom stereocenters. The highest BCUT2D eigenvalue weighted by molar-refractivity contribution is 7.17. The van der Waals surface area contributed by atoms with Gasteiger partial charge < -0.3 is 10.0 Å². The summed E-state index contributed by atoms with van der Waals surface area (Å²) in [6, 6.07) is 18.8. The van der Waals surface area contributed by atoms with E-state index in [0.717, 1.165) is 40.1 Å². The molecule has 0 saturated heterocycles. The van der Waals surface area contributed by atoms with E-state index in [-0.39, 0.29) is 6.42 Å². The number of aliphatic carboxylic acids is 1. The van der Waals surface area contributed by atoms with Crippen LogP contribution in [0.25, 0.3) is 32.5 Å². The summed E-state index contributed by atoms with van der Waals surface area (Å²) >= 11 is 1.59. The Bertz CT molecular complexity index is 1140. The fraction of sp³-hybridized carbons (Fsp3) is 0.208. The van der Waals surface area contributed by atoms with Crippen molar-refractivity contribution in [1.29, 1.82) is 0 Å². The van der Waals surface area contributed by atoms with Crippen LogP contribution in [0.2, 0.25) is 0 Å². The minimum absolute atomic E-state index is 0.0801. The van der Waals surface area contributed by atoms with E-state index in [9.17, 15) is 4.79 Å². The van der Waals surface area contributed by atoms with Gasteiger partial charge in [-0.1, -0.05) is 61.5 Å². The summed E-state index contributed by atoms with van der Waals surface area (Å²) < 4.78 is 0. The van der Waals surface area contributed by atoms with E-state index < -0.39 is 5.97 Å². The summed E-state index contributed by atoms with van der Waals surface area (Å²) in [5.41, 5.74) is 4.55. The highest BCUT2D eigenvalue weighted by Gasteiger charge is 2.18. The summed E-state index contributed by atoms with van der Waals surface area (Å²) in [7, 11) is 0. The molecule has 2 heterocycles. The number of carboxylic acids is 1. The highest BCUT2D eigenvalue weighted by atomic mass is 32.1. The smallest absolute Gasteiger partial charge is 0.305 e. The molecule has 1 N–H and O–H groups in total. The fourth-order valence-electron chi connectivity index (χ4n) is 3.61. The van der Waals surface area contributed by atoms with Gasteiger partial charge in [-0.25, -0.2) is 9.97 Å². The Morgan fingerprint density at radius 2 is 1.67 bits per heavy atom. The molecular weight excluding hydrogens is 394 g/mol. The Labute approximate surface area is 179 Å². The minimum atomic E-state index is -0.802. The van der Waals surface area contributed by atoms with Gasteiger partial charge >= 0.3 is 5.97 Å². The second-order valence-corrected chi connectivity index (χ2v) is 7.96. The van der Waals surface area contributed by atoms with Gasteiger partial charge in [0.05, 0.1) is 11.8 Å². The minimum Gasteiger partial charge on any atom is -0.481 e. The summed E-state index contributed by atoms with van der Waals surface area (Å²) in [6.45, 7) is 3.27. The number of hydrogen-bond donors (Lipinski definition) is 1. The maximum absolute atomic E-state index is 11.1. The molecule has 30 heavy (non-hydrogen) atoms. The number of benzene rings is 2. The molecule has 0 spiro atoms. The topological polar surface area (TPSA) is 66.3 Å². The third-order valence-electron chi connectivity index (χ3n) is 5.04. The van der Waals surface area contributed by atoms with Crippen molar-refractivity contribution in [3.8, 4) is 22.3 Å². The van der Waals surface area contributed by atoms with Crippen LogP contribution in [0.15, 0.2) is 66.3 Å². The van der Waals surface area contributed by atoms with Crippen molar-refractivity contribution in [2.45, 2.75) is 19.8 Å². The first kappa shape index (κ1) is 20.0. The predicted molar refractivity (Wildman–Crippen MR) is 123 cm³/mol. The number of fused-ring (bicyclic) bond motifs is 1. The lowest BCUT2D eigenvalue weighted by Crippen LogP contribution is -2.28. The molecule has 5 nitrogen and oxygen atoms in total. The molecular formula is C24H23N3O2S. The van der Waals surface area contributed by atoms with Gasteiger partial charge in [0.15, 0.2) is 0 Å². The lowest BCUT2D eigenvalue weighted by Gasteiger charge is -2.23. The zero-order chi connectivity index (χ0) is 20.9. The van der Waals surface area contributed by atoms with Crippen LogP contribution in [0.4, 0.5) is 5.82 Å². The van der Waals surface area contributed by atoms with Crippen LogP contribution in [0.3, 0.4) is 0 Å². The average molecular weight is 418 g/mol. The van der Waals surface area contributed by atoms with Crippen molar-refractivity contribution in [1.82, 2.24) is 9.97 Å². The van der Waals surface area contributed by atoms with Crippen molar-refractivity contribution in [2.75, 3.05) is 18.0 Å². The van der Waals surface area contributed by atoms with Crippen LogP contribution in [0.1, 0.15) is 19.8 Å². The second kappa shape index (κ2) is 9.05. The standard InChI is InChI=1S/C24H23N3O2S/c1-2-13-27(14-12-21(28)29)23-22-20(15-30-24(22)26-16-25-23)19-10-8-18(9-11-19)17-6-4-3-5-7-17/h3-11,15-16H,2,12-14H2,1H3,(H,28,29). The molecule has 6 heteroatoms. The monoisotopic (exact) mass is 417 g/mol. The van der Waals surface area contributed by atoms with Gasteiger partial charge in [0, 0.05) is 24.0 Å². The van der Waals surface area contributed by atoms with E-state index in [2.05, 4.69) is 63.6 Å². The largest absolute Gasteiger partial charge is 0.481 e. The van der Waals surface area contributed by atoms with Crippen LogP contribution >= 0.6 is 11.3 Å². The van der Waals surface area contributed by atoms with Gasteiger partial charge in [-0.05, 0) is 23.1 Å². The number of aromatic nitrogens is 2. The van der Waals surface area contributed by atoms with Gasteiger partial charge in [-0.3, -0.25) is 4.79 Å². The number of thiophene rings is 1. The van der Waals surface area contributed by atoms with Crippen molar-refractivity contribution >= 4 is 33.3 Å². The Morgan fingerprint density at radius 3 is 2.37 bits per heavy atom. The number of nitrogens with zero attached hydrogens (tertiary/aromatic N) is 3. The zero-order valence-electron chi connectivity index (χ0n) is 16.8. The van der Waals surface area contributed by atoms with Gasteiger partial charge in [-0.15, -0.1) is 11.3 Å². The average Bonchev–Trinajstić information content (AvgIpc) is 3.22. The molecule has 0 radical (unpaired) electrons. The fourth-order valence-corrected chi connectivity index (χ4v) is 4.52.